The third kappa shape index (κ3) is 3.86. The maximum atomic E-state index is 13.4. The Bertz CT molecular complexity index is 1230. The van der Waals surface area contributed by atoms with E-state index in [4.69, 9.17) is 4.98 Å². The van der Waals surface area contributed by atoms with Gasteiger partial charge in [0.05, 0.1) is 17.1 Å². The first kappa shape index (κ1) is 20.3. The number of carbonyl (C=O) groups is 1. The molecule has 5 rings (SSSR count). The lowest BCUT2D eigenvalue weighted by molar-refractivity contribution is 0.204. The zero-order chi connectivity index (χ0) is 21.9. The Labute approximate surface area is 188 Å². The lowest BCUT2D eigenvalue weighted by atomic mass is 10.0. The number of fused-ring (bicyclic) bond motifs is 1. The number of carbonyl (C=O) groups excluding carboxylic acids is 1. The molecule has 2 heterocycles. The molecule has 3 aromatic carbocycles. The van der Waals surface area contributed by atoms with Gasteiger partial charge >= 0.3 is 6.03 Å². The maximum absolute atomic E-state index is 13.4. The predicted octanol–water partition coefficient (Wildman–Crippen LogP) is 6.02. The fourth-order valence-electron chi connectivity index (χ4n) is 4.76. The van der Waals surface area contributed by atoms with Crippen molar-refractivity contribution in [3.8, 4) is 0 Å². The van der Waals surface area contributed by atoms with Crippen molar-refractivity contribution in [2.24, 2.45) is 0 Å². The molecule has 0 saturated carbocycles. The quantitative estimate of drug-likeness (QED) is 0.426. The Morgan fingerprint density at radius 3 is 2.59 bits per heavy atom. The van der Waals surface area contributed by atoms with E-state index >= 15 is 0 Å². The smallest absolute Gasteiger partial charge is 0.322 e. The zero-order valence-corrected chi connectivity index (χ0v) is 18.4. The van der Waals surface area contributed by atoms with E-state index in [1.807, 2.05) is 59.5 Å². The van der Waals surface area contributed by atoms with E-state index in [-0.39, 0.29) is 12.1 Å². The molecule has 1 aliphatic heterocycles. The van der Waals surface area contributed by atoms with E-state index in [1.165, 1.54) is 5.56 Å². The predicted molar refractivity (Wildman–Crippen MR) is 129 cm³/mol. The molecule has 2 amide bonds. The van der Waals surface area contributed by atoms with Crippen molar-refractivity contribution in [1.82, 2.24) is 14.5 Å². The molecule has 1 atom stereocenters. The van der Waals surface area contributed by atoms with Crippen molar-refractivity contribution in [3.63, 3.8) is 0 Å². The summed E-state index contributed by atoms with van der Waals surface area (Å²) in [5.41, 5.74) is 5.33. The van der Waals surface area contributed by atoms with Gasteiger partial charge in [0.25, 0.3) is 0 Å². The number of nitrogens with one attached hydrogen (secondary N) is 1. The minimum absolute atomic E-state index is 0.0105. The summed E-state index contributed by atoms with van der Waals surface area (Å²) in [6.07, 6.45) is 2.70. The number of hydrogen-bond acceptors (Lipinski definition) is 2. The number of anilines is 1. The molecule has 1 N–H and O–H groups in total. The van der Waals surface area contributed by atoms with Crippen LogP contribution in [0.2, 0.25) is 0 Å². The molecule has 1 saturated heterocycles. The highest BCUT2D eigenvalue weighted by molar-refractivity contribution is 5.90. The van der Waals surface area contributed by atoms with E-state index < -0.39 is 0 Å². The lowest BCUT2D eigenvalue weighted by Crippen LogP contribution is -2.35. The molecular weight excluding hydrogens is 396 g/mol. The van der Waals surface area contributed by atoms with Crippen LogP contribution in [0.4, 0.5) is 10.5 Å². The van der Waals surface area contributed by atoms with Crippen LogP contribution in [0, 0.1) is 0 Å². The highest BCUT2D eigenvalue weighted by Crippen LogP contribution is 2.34. The van der Waals surface area contributed by atoms with Crippen molar-refractivity contribution in [2.75, 3.05) is 11.9 Å². The molecule has 1 unspecified atom stereocenters. The van der Waals surface area contributed by atoms with Gasteiger partial charge in [0.2, 0.25) is 0 Å². The van der Waals surface area contributed by atoms with Crippen LogP contribution in [-0.4, -0.2) is 27.0 Å². The summed E-state index contributed by atoms with van der Waals surface area (Å²) in [5.74, 6) is 0.985. The van der Waals surface area contributed by atoms with Gasteiger partial charge in [0, 0.05) is 18.8 Å². The van der Waals surface area contributed by atoms with Gasteiger partial charge in [-0.2, -0.15) is 0 Å². The Hall–Kier alpha value is -3.60. The average Bonchev–Trinajstić information content (AvgIpc) is 3.45. The molecule has 0 bridgehead atoms. The van der Waals surface area contributed by atoms with E-state index in [0.29, 0.717) is 0 Å². The van der Waals surface area contributed by atoms with Gasteiger partial charge in [-0.25, -0.2) is 9.78 Å². The maximum Gasteiger partial charge on any atom is 0.322 e. The highest BCUT2D eigenvalue weighted by atomic mass is 16.2. The number of hydrogen-bond donors (Lipinski definition) is 1. The van der Waals surface area contributed by atoms with Gasteiger partial charge < -0.3 is 14.8 Å². The van der Waals surface area contributed by atoms with E-state index in [9.17, 15) is 4.79 Å². The number of urea groups is 1. The molecule has 4 aromatic rings. The molecule has 162 valence electrons. The first-order valence-corrected chi connectivity index (χ1v) is 11.4. The summed E-state index contributed by atoms with van der Waals surface area (Å²) in [5, 5.41) is 3.19. The van der Waals surface area contributed by atoms with Gasteiger partial charge in [-0.15, -0.1) is 0 Å². The molecule has 1 aliphatic rings. The lowest BCUT2D eigenvalue weighted by Gasteiger charge is -2.25. The number of rotatable bonds is 5. The molecule has 1 aromatic heterocycles. The van der Waals surface area contributed by atoms with Crippen LogP contribution < -0.4 is 5.32 Å². The monoisotopic (exact) mass is 424 g/mol. The van der Waals surface area contributed by atoms with Gasteiger partial charge in [-0.05, 0) is 55.5 Å². The van der Waals surface area contributed by atoms with Gasteiger partial charge in [0.1, 0.15) is 5.82 Å². The summed E-state index contributed by atoms with van der Waals surface area (Å²) in [6.45, 7) is 3.71. The van der Waals surface area contributed by atoms with Gasteiger partial charge in [0.15, 0.2) is 0 Å². The van der Waals surface area contributed by atoms with Crippen LogP contribution >= 0.6 is 0 Å². The van der Waals surface area contributed by atoms with Crippen molar-refractivity contribution >= 4 is 22.8 Å². The molecule has 32 heavy (non-hydrogen) atoms. The standard InChI is InChI=1S/C27H28N4O/c1-2-30-24-16-9-8-15-23(24)28-26(30)25-17-10-18-31(25)27(32)29-22-14-7-6-13-21(22)19-20-11-4-3-5-12-20/h3-9,11-16,25H,2,10,17-19H2,1H3,(H,29,32). The average molecular weight is 425 g/mol. The second-order valence-corrected chi connectivity index (χ2v) is 8.30. The highest BCUT2D eigenvalue weighted by Gasteiger charge is 2.33. The molecular formula is C27H28N4O. The van der Waals surface area contributed by atoms with Gasteiger partial charge in [-0.1, -0.05) is 60.7 Å². The second-order valence-electron chi connectivity index (χ2n) is 8.30. The molecule has 5 nitrogen and oxygen atoms in total. The number of aromatic nitrogens is 2. The minimum Gasteiger partial charge on any atom is -0.327 e. The third-order valence-electron chi connectivity index (χ3n) is 6.31. The summed E-state index contributed by atoms with van der Waals surface area (Å²) in [7, 11) is 0. The summed E-state index contributed by atoms with van der Waals surface area (Å²) in [6, 6.07) is 26.6. The number of likely N-dealkylation sites (tertiary alicyclic amines) is 1. The summed E-state index contributed by atoms with van der Waals surface area (Å²) in [4.78, 5) is 20.3. The van der Waals surface area contributed by atoms with Crippen LogP contribution in [0.5, 0.6) is 0 Å². The fourth-order valence-corrected chi connectivity index (χ4v) is 4.76. The number of benzene rings is 3. The Kier molecular flexibility index (Phi) is 5.63. The molecule has 5 heteroatoms. The number of amides is 2. The number of aryl methyl sites for hydroxylation is 1. The van der Waals surface area contributed by atoms with Crippen molar-refractivity contribution < 1.29 is 4.79 Å². The molecule has 1 fully saturated rings. The van der Waals surface area contributed by atoms with Gasteiger partial charge in [-0.3, -0.25) is 0 Å². The van der Waals surface area contributed by atoms with Crippen LogP contribution in [0.25, 0.3) is 11.0 Å². The van der Waals surface area contributed by atoms with E-state index in [2.05, 4.69) is 41.1 Å². The van der Waals surface area contributed by atoms with E-state index in [1.54, 1.807) is 0 Å². The first-order chi connectivity index (χ1) is 15.7. The molecule has 0 aliphatic carbocycles. The van der Waals surface area contributed by atoms with Crippen molar-refractivity contribution in [3.05, 3.63) is 95.8 Å². The molecule has 0 spiro atoms. The minimum atomic E-state index is -0.0530. The Morgan fingerprint density at radius 1 is 1.00 bits per heavy atom. The summed E-state index contributed by atoms with van der Waals surface area (Å²) < 4.78 is 2.24. The molecule has 0 radical (unpaired) electrons. The number of nitrogens with zero attached hydrogens (tertiary/aromatic N) is 3. The van der Waals surface area contributed by atoms with Crippen LogP contribution in [0.15, 0.2) is 78.9 Å². The van der Waals surface area contributed by atoms with Crippen molar-refractivity contribution in [1.29, 1.82) is 0 Å². The Balaban J connectivity index is 1.40. The number of imidazole rings is 1. The summed E-state index contributed by atoms with van der Waals surface area (Å²) >= 11 is 0. The first-order valence-electron chi connectivity index (χ1n) is 11.4. The van der Waals surface area contributed by atoms with Crippen LogP contribution in [0.1, 0.15) is 42.8 Å². The third-order valence-corrected chi connectivity index (χ3v) is 6.31. The van der Waals surface area contributed by atoms with Crippen molar-refractivity contribution in [2.45, 2.75) is 38.8 Å². The topological polar surface area (TPSA) is 50.2 Å². The normalized spacial score (nSPS) is 15.9. The largest absolute Gasteiger partial charge is 0.327 e. The number of para-hydroxylation sites is 3. The van der Waals surface area contributed by atoms with Crippen LogP contribution in [-0.2, 0) is 13.0 Å². The fraction of sp³-hybridized carbons (Fsp3) is 0.259. The SMILES string of the molecule is CCn1c(C2CCCN2C(=O)Nc2ccccc2Cc2ccccc2)nc2ccccc21. The second kappa shape index (κ2) is 8.87. The van der Waals surface area contributed by atoms with E-state index in [0.717, 1.165) is 60.5 Å². The zero-order valence-electron chi connectivity index (χ0n) is 18.4. The Morgan fingerprint density at radius 2 is 1.75 bits per heavy atom. The van der Waals surface area contributed by atoms with Crippen LogP contribution in [0.3, 0.4) is 0 Å².